The smallest absolute Gasteiger partial charge is 0.183 e. The highest BCUT2D eigenvalue weighted by atomic mass is 79.9. The number of benzene rings is 1. The topological polar surface area (TPSA) is 80.5 Å². The van der Waals surface area contributed by atoms with Gasteiger partial charge in [0.1, 0.15) is 17.7 Å². The van der Waals surface area contributed by atoms with Crippen LogP contribution in [0.1, 0.15) is 0 Å². The Hall–Kier alpha value is -1.95. The Balaban J connectivity index is 2.18. The van der Waals surface area contributed by atoms with Gasteiger partial charge in [-0.15, -0.1) is 0 Å². The highest BCUT2D eigenvalue weighted by molar-refractivity contribution is 9.10. The molecule has 1 aromatic carbocycles. The number of H-pyrrole nitrogens is 1. The van der Waals surface area contributed by atoms with E-state index in [4.69, 9.17) is 5.73 Å². The number of nitrogens with zero attached hydrogens (tertiary/aromatic N) is 3. The second-order valence-electron chi connectivity index (χ2n) is 3.55. The number of nitrogens with one attached hydrogen (secondary N) is 1. The van der Waals surface area contributed by atoms with E-state index in [0.717, 1.165) is 15.9 Å². The number of imidazole rings is 1. The van der Waals surface area contributed by atoms with Crippen molar-refractivity contribution >= 4 is 32.9 Å². The molecule has 6 heteroatoms. The third-order valence-electron chi connectivity index (χ3n) is 2.44. The maximum Gasteiger partial charge on any atom is 0.183 e. The minimum Gasteiger partial charge on any atom is -0.382 e. The van der Waals surface area contributed by atoms with Gasteiger partial charge in [0, 0.05) is 10.0 Å². The number of aromatic nitrogens is 4. The van der Waals surface area contributed by atoms with Gasteiger partial charge < -0.3 is 10.7 Å². The minimum absolute atomic E-state index is 0.408. The first-order valence-electron chi connectivity index (χ1n) is 4.96. The van der Waals surface area contributed by atoms with Crippen LogP contribution in [0.4, 0.5) is 5.82 Å². The summed E-state index contributed by atoms with van der Waals surface area (Å²) in [7, 11) is 0. The van der Waals surface area contributed by atoms with Gasteiger partial charge in [0.15, 0.2) is 11.5 Å². The van der Waals surface area contributed by atoms with Crippen molar-refractivity contribution in [3.8, 4) is 11.4 Å². The highest BCUT2D eigenvalue weighted by Gasteiger charge is 2.08. The molecule has 3 rings (SSSR count). The van der Waals surface area contributed by atoms with E-state index in [0.29, 0.717) is 17.0 Å². The Bertz CT molecular complexity index is 674. The average molecular weight is 290 g/mol. The van der Waals surface area contributed by atoms with Crippen molar-refractivity contribution in [3.05, 3.63) is 35.1 Å². The molecule has 3 N–H and O–H groups in total. The van der Waals surface area contributed by atoms with Crippen LogP contribution in [-0.4, -0.2) is 19.9 Å². The number of rotatable bonds is 1. The largest absolute Gasteiger partial charge is 0.382 e. The lowest BCUT2D eigenvalue weighted by atomic mass is 10.2. The van der Waals surface area contributed by atoms with Gasteiger partial charge in [0.2, 0.25) is 0 Å². The van der Waals surface area contributed by atoms with Gasteiger partial charge in [0.05, 0.1) is 0 Å². The lowest BCUT2D eigenvalue weighted by molar-refractivity contribution is 1.21. The van der Waals surface area contributed by atoms with E-state index in [1.807, 2.05) is 24.3 Å². The fourth-order valence-electron chi connectivity index (χ4n) is 1.59. The summed E-state index contributed by atoms with van der Waals surface area (Å²) in [5, 5.41) is 0. The lowest BCUT2D eigenvalue weighted by Crippen LogP contribution is -1.91. The maximum atomic E-state index is 5.74. The standard InChI is InChI=1S/C11H8BrN5/c12-7-3-1-6(2-4-7)10-16-8-9(13)14-5-15-11(8)17-10/h1-5H,(H3,13,14,15,16,17). The normalized spacial score (nSPS) is 10.9. The monoisotopic (exact) mass is 289 g/mol. The molecule has 0 spiro atoms. The summed E-state index contributed by atoms with van der Waals surface area (Å²) >= 11 is 3.39. The molecule has 0 saturated heterocycles. The third-order valence-corrected chi connectivity index (χ3v) is 2.96. The summed E-state index contributed by atoms with van der Waals surface area (Å²) in [5.74, 6) is 1.14. The molecule has 0 saturated carbocycles. The average Bonchev–Trinajstić information content (AvgIpc) is 2.75. The van der Waals surface area contributed by atoms with Crippen LogP contribution in [0.25, 0.3) is 22.6 Å². The fraction of sp³-hybridized carbons (Fsp3) is 0. The third kappa shape index (κ3) is 1.76. The quantitative estimate of drug-likeness (QED) is 0.721. The first-order chi connectivity index (χ1) is 8.24. The van der Waals surface area contributed by atoms with Crippen molar-refractivity contribution < 1.29 is 0 Å². The zero-order valence-electron chi connectivity index (χ0n) is 8.68. The van der Waals surface area contributed by atoms with Crippen molar-refractivity contribution in [1.29, 1.82) is 0 Å². The van der Waals surface area contributed by atoms with Gasteiger partial charge in [-0.05, 0) is 12.1 Å². The summed E-state index contributed by atoms with van der Waals surface area (Å²) in [4.78, 5) is 15.5. The minimum atomic E-state index is 0.408. The molecule has 0 aliphatic rings. The summed E-state index contributed by atoms with van der Waals surface area (Å²) < 4.78 is 1.02. The summed E-state index contributed by atoms with van der Waals surface area (Å²) in [6.45, 7) is 0. The van der Waals surface area contributed by atoms with E-state index in [1.165, 1.54) is 6.33 Å². The van der Waals surface area contributed by atoms with Crippen LogP contribution in [-0.2, 0) is 0 Å². The Labute approximate surface area is 105 Å². The molecule has 0 amide bonds. The Kier molecular flexibility index (Phi) is 2.29. The molecular formula is C11H8BrN5. The van der Waals surface area contributed by atoms with E-state index in [2.05, 4.69) is 35.9 Å². The first kappa shape index (κ1) is 10.2. The summed E-state index contributed by atoms with van der Waals surface area (Å²) in [6.07, 6.45) is 1.41. The van der Waals surface area contributed by atoms with Gasteiger partial charge in [0.25, 0.3) is 0 Å². The van der Waals surface area contributed by atoms with Crippen LogP contribution in [0.5, 0.6) is 0 Å². The molecule has 0 bridgehead atoms. The number of anilines is 1. The number of nitrogens with two attached hydrogens (primary N) is 1. The highest BCUT2D eigenvalue weighted by Crippen LogP contribution is 2.22. The van der Waals surface area contributed by atoms with Crippen LogP contribution in [0.15, 0.2) is 35.1 Å². The van der Waals surface area contributed by atoms with E-state index in [1.54, 1.807) is 0 Å². The molecule has 0 fully saturated rings. The van der Waals surface area contributed by atoms with E-state index < -0.39 is 0 Å². The molecule has 3 aromatic rings. The Morgan fingerprint density at radius 2 is 1.88 bits per heavy atom. The van der Waals surface area contributed by atoms with Crippen LogP contribution in [0, 0.1) is 0 Å². The van der Waals surface area contributed by atoms with Gasteiger partial charge >= 0.3 is 0 Å². The number of halogens is 1. The molecule has 0 radical (unpaired) electrons. The molecule has 0 atom stereocenters. The number of hydrogen-bond donors (Lipinski definition) is 2. The van der Waals surface area contributed by atoms with E-state index in [-0.39, 0.29) is 0 Å². The van der Waals surface area contributed by atoms with Crippen molar-refractivity contribution in [3.63, 3.8) is 0 Å². The summed E-state index contributed by atoms with van der Waals surface area (Å²) in [6, 6.07) is 7.84. The van der Waals surface area contributed by atoms with Crippen LogP contribution in [0.2, 0.25) is 0 Å². The SMILES string of the molecule is Nc1ncnc2nc(-c3ccc(Br)cc3)[nH]c12. The number of nitrogen functional groups attached to an aromatic ring is 1. The fourth-order valence-corrected chi connectivity index (χ4v) is 1.86. The molecular weight excluding hydrogens is 282 g/mol. The number of aromatic amines is 1. The van der Waals surface area contributed by atoms with Crippen LogP contribution in [0.3, 0.4) is 0 Å². The zero-order chi connectivity index (χ0) is 11.8. The summed E-state index contributed by atoms with van der Waals surface area (Å²) in [5.41, 5.74) is 7.97. The van der Waals surface area contributed by atoms with Crippen LogP contribution >= 0.6 is 15.9 Å². The van der Waals surface area contributed by atoms with Crippen molar-refractivity contribution in [2.75, 3.05) is 5.73 Å². The molecule has 0 aliphatic carbocycles. The van der Waals surface area contributed by atoms with Gasteiger partial charge in [-0.25, -0.2) is 15.0 Å². The second-order valence-corrected chi connectivity index (χ2v) is 4.47. The molecule has 5 nitrogen and oxygen atoms in total. The van der Waals surface area contributed by atoms with Crippen LogP contribution < -0.4 is 5.73 Å². The van der Waals surface area contributed by atoms with Crippen molar-refractivity contribution in [1.82, 2.24) is 19.9 Å². The molecule has 0 unspecified atom stereocenters. The van der Waals surface area contributed by atoms with Crippen molar-refractivity contribution in [2.24, 2.45) is 0 Å². The number of hydrogen-bond acceptors (Lipinski definition) is 4. The molecule has 0 aliphatic heterocycles. The van der Waals surface area contributed by atoms with E-state index in [9.17, 15) is 0 Å². The predicted octanol–water partition coefficient (Wildman–Crippen LogP) is 2.36. The van der Waals surface area contributed by atoms with Gasteiger partial charge in [-0.1, -0.05) is 28.1 Å². The lowest BCUT2D eigenvalue weighted by Gasteiger charge is -1.95. The molecule has 17 heavy (non-hydrogen) atoms. The Morgan fingerprint density at radius 3 is 2.59 bits per heavy atom. The molecule has 2 aromatic heterocycles. The molecule has 84 valence electrons. The number of fused-ring (bicyclic) bond motifs is 1. The zero-order valence-corrected chi connectivity index (χ0v) is 10.3. The predicted molar refractivity (Wildman–Crippen MR) is 69.2 cm³/mol. The van der Waals surface area contributed by atoms with Gasteiger partial charge in [-0.2, -0.15) is 0 Å². The Morgan fingerprint density at radius 1 is 1.12 bits per heavy atom. The molecule has 2 heterocycles. The van der Waals surface area contributed by atoms with Gasteiger partial charge in [-0.3, -0.25) is 0 Å². The second kappa shape index (κ2) is 3.81. The van der Waals surface area contributed by atoms with Crippen molar-refractivity contribution in [2.45, 2.75) is 0 Å². The van der Waals surface area contributed by atoms with E-state index >= 15 is 0 Å². The maximum absolute atomic E-state index is 5.74. The first-order valence-corrected chi connectivity index (χ1v) is 5.75.